The summed E-state index contributed by atoms with van der Waals surface area (Å²) in [6.07, 6.45) is -3.10. The summed E-state index contributed by atoms with van der Waals surface area (Å²) in [6.45, 7) is 0. The van der Waals surface area contributed by atoms with Crippen molar-refractivity contribution in [2.24, 2.45) is 4.99 Å². The number of carbonyl (C=O) groups is 1. The largest absolute Gasteiger partial charge is 0.418 e. The molecule has 0 radical (unpaired) electrons. The van der Waals surface area contributed by atoms with Gasteiger partial charge in [-0.3, -0.25) is 4.79 Å². The van der Waals surface area contributed by atoms with Crippen LogP contribution in [0.3, 0.4) is 0 Å². The van der Waals surface area contributed by atoms with Crippen LogP contribution in [0, 0.1) is 5.82 Å². The van der Waals surface area contributed by atoms with E-state index in [-0.39, 0.29) is 15.8 Å². The molecule has 2 aromatic carbocycles. The van der Waals surface area contributed by atoms with Gasteiger partial charge in [0.2, 0.25) is 0 Å². The molecule has 1 aliphatic rings. The number of halogens is 4. The zero-order valence-corrected chi connectivity index (χ0v) is 13.3. The summed E-state index contributed by atoms with van der Waals surface area (Å²) in [5.74, 6) is -0.955. The number of nitrogens with one attached hydrogen (secondary N) is 1. The smallest absolute Gasteiger partial charge is 0.300 e. The number of carbonyl (C=O) groups excluding carboxylic acids is 1. The van der Waals surface area contributed by atoms with Crippen LogP contribution in [0.25, 0.3) is 6.08 Å². The molecule has 8 heteroatoms. The van der Waals surface area contributed by atoms with Gasteiger partial charge in [-0.1, -0.05) is 24.3 Å². The van der Waals surface area contributed by atoms with E-state index in [1.165, 1.54) is 42.5 Å². The molecule has 0 atom stereocenters. The Kier molecular flexibility index (Phi) is 4.63. The normalized spacial score (nSPS) is 18.0. The first-order valence-electron chi connectivity index (χ1n) is 7.04. The number of hydrogen-bond donors (Lipinski definition) is 1. The number of rotatable bonds is 2. The Morgan fingerprint density at radius 1 is 1.08 bits per heavy atom. The van der Waals surface area contributed by atoms with Crippen molar-refractivity contribution in [3.63, 3.8) is 0 Å². The highest BCUT2D eigenvalue weighted by Crippen LogP contribution is 2.37. The Balaban J connectivity index is 1.90. The van der Waals surface area contributed by atoms with Crippen LogP contribution in [0.1, 0.15) is 11.1 Å². The van der Waals surface area contributed by atoms with Gasteiger partial charge >= 0.3 is 6.18 Å². The first-order chi connectivity index (χ1) is 11.8. The van der Waals surface area contributed by atoms with Gasteiger partial charge in [-0.15, -0.1) is 0 Å². The molecule has 0 bridgehead atoms. The van der Waals surface area contributed by atoms with Crippen LogP contribution in [-0.2, 0) is 11.0 Å². The monoisotopic (exact) mass is 366 g/mol. The molecular weight excluding hydrogens is 356 g/mol. The van der Waals surface area contributed by atoms with Crippen LogP contribution >= 0.6 is 11.8 Å². The van der Waals surface area contributed by atoms with Gasteiger partial charge in [0.25, 0.3) is 5.91 Å². The Morgan fingerprint density at radius 2 is 1.84 bits per heavy atom. The quantitative estimate of drug-likeness (QED) is 0.616. The van der Waals surface area contributed by atoms with Crippen molar-refractivity contribution in [1.82, 2.24) is 5.32 Å². The fourth-order valence-electron chi connectivity index (χ4n) is 2.15. The fourth-order valence-corrected chi connectivity index (χ4v) is 2.98. The van der Waals surface area contributed by atoms with Gasteiger partial charge in [0, 0.05) is 0 Å². The average Bonchev–Trinajstić information content (AvgIpc) is 2.86. The van der Waals surface area contributed by atoms with Crippen LogP contribution in [0.2, 0.25) is 0 Å². The second kappa shape index (κ2) is 6.72. The van der Waals surface area contributed by atoms with Gasteiger partial charge in [0.05, 0.1) is 16.2 Å². The summed E-state index contributed by atoms with van der Waals surface area (Å²) in [4.78, 5) is 16.1. The summed E-state index contributed by atoms with van der Waals surface area (Å²) in [6, 6.07) is 10.5. The standard InChI is InChI=1S/C17H10F4N2OS/c18-11-5-3-4-10(8-11)9-14-15(24)23-16(25-14)22-13-7-2-1-6-12(13)17(19,20)21/h1-9H,(H,22,23,24)/b14-9-. The highest BCUT2D eigenvalue weighted by atomic mass is 32.2. The lowest BCUT2D eigenvalue weighted by molar-refractivity contribution is -0.137. The molecule has 1 heterocycles. The molecule has 1 aliphatic heterocycles. The number of aliphatic imine (C=N–C) groups is 1. The maximum atomic E-state index is 13.2. The van der Waals surface area contributed by atoms with Crippen LogP contribution < -0.4 is 5.32 Å². The molecule has 1 fully saturated rings. The molecule has 3 nitrogen and oxygen atoms in total. The molecule has 0 saturated carbocycles. The number of alkyl halides is 3. The molecule has 0 aliphatic carbocycles. The van der Waals surface area contributed by atoms with Crippen LogP contribution in [0.5, 0.6) is 0 Å². The average molecular weight is 366 g/mol. The molecule has 0 spiro atoms. The van der Waals surface area contributed by atoms with Crippen molar-refractivity contribution < 1.29 is 22.4 Å². The van der Waals surface area contributed by atoms with Gasteiger partial charge in [0.1, 0.15) is 5.82 Å². The first-order valence-corrected chi connectivity index (χ1v) is 7.86. The summed E-state index contributed by atoms with van der Waals surface area (Å²) < 4.78 is 52.2. The van der Waals surface area contributed by atoms with E-state index in [9.17, 15) is 22.4 Å². The van der Waals surface area contributed by atoms with E-state index in [2.05, 4.69) is 10.3 Å². The lowest BCUT2D eigenvalue weighted by Gasteiger charge is -2.09. The van der Waals surface area contributed by atoms with Crippen molar-refractivity contribution in [3.8, 4) is 0 Å². The van der Waals surface area contributed by atoms with E-state index in [4.69, 9.17) is 0 Å². The lowest BCUT2D eigenvalue weighted by atomic mass is 10.2. The third-order valence-electron chi connectivity index (χ3n) is 3.23. The minimum Gasteiger partial charge on any atom is -0.300 e. The van der Waals surface area contributed by atoms with Crippen LogP contribution in [-0.4, -0.2) is 11.1 Å². The molecule has 2 aromatic rings. The molecule has 128 valence electrons. The number of amidine groups is 1. The van der Waals surface area contributed by atoms with Crippen molar-refractivity contribution in [1.29, 1.82) is 0 Å². The maximum absolute atomic E-state index is 13.2. The van der Waals surface area contributed by atoms with E-state index >= 15 is 0 Å². The SMILES string of the molecule is O=C1NC(=Nc2ccccc2C(F)(F)F)S/C1=C\c1cccc(F)c1. The molecule has 3 rings (SSSR count). The molecule has 0 aromatic heterocycles. The molecular formula is C17H10F4N2OS. The third-order valence-corrected chi connectivity index (χ3v) is 4.14. The van der Waals surface area contributed by atoms with Crippen LogP contribution in [0.15, 0.2) is 58.4 Å². The number of nitrogens with zero attached hydrogens (tertiary/aromatic N) is 1. The Morgan fingerprint density at radius 3 is 2.56 bits per heavy atom. The topological polar surface area (TPSA) is 41.5 Å². The highest BCUT2D eigenvalue weighted by molar-refractivity contribution is 8.18. The summed E-state index contributed by atoms with van der Waals surface area (Å²) in [5, 5.41) is 2.44. The highest BCUT2D eigenvalue weighted by Gasteiger charge is 2.34. The number of para-hydroxylation sites is 1. The molecule has 25 heavy (non-hydrogen) atoms. The Hall–Kier alpha value is -2.61. The van der Waals surface area contributed by atoms with E-state index in [1.54, 1.807) is 6.07 Å². The number of benzene rings is 2. The predicted octanol–water partition coefficient (Wildman–Crippen LogP) is 4.74. The Bertz CT molecular complexity index is 890. The first kappa shape index (κ1) is 17.2. The molecule has 1 N–H and O–H groups in total. The molecule has 1 amide bonds. The summed E-state index contributed by atoms with van der Waals surface area (Å²) in [7, 11) is 0. The summed E-state index contributed by atoms with van der Waals surface area (Å²) in [5.41, 5.74) is -0.709. The second-order valence-corrected chi connectivity index (χ2v) is 6.08. The van der Waals surface area contributed by atoms with E-state index in [0.29, 0.717) is 5.56 Å². The number of thioether (sulfide) groups is 1. The third kappa shape index (κ3) is 4.08. The Labute approximate surface area is 144 Å². The van der Waals surface area contributed by atoms with Gasteiger partial charge < -0.3 is 5.32 Å². The zero-order valence-electron chi connectivity index (χ0n) is 12.5. The number of amides is 1. The second-order valence-electron chi connectivity index (χ2n) is 5.05. The van der Waals surface area contributed by atoms with E-state index in [0.717, 1.165) is 17.8 Å². The molecule has 0 unspecified atom stereocenters. The van der Waals surface area contributed by atoms with Crippen LogP contribution in [0.4, 0.5) is 23.2 Å². The van der Waals surface area contributed by atoms with E-state index in [1.807, 2.05) is 0 Å². The van der Waals surface area contributed by atoms with E-state index < -0.39 is 23.5 Å². The minimum absolute atomic E-state index is 0.0318. The van der Waals surface area contributed by atoms with Crippen molar-refractivity contribution in [2.75, 3.05) is 0 Å². The van der Waals surface area contributed by atoms with Crippen molar-refractivity contribution in [2.45, 2.75) is 6.18 Å². The van der Waals surface area contributed by atoms with Crippen molar-refractivity contribution >= 4 is 34.6 Å². The van der Waals surface area contributed by atoms with Gasteiger partial charge in [-0.2, -0.15) is 13.2 Å². The molecule has 1 saturated heterocycles. The van der Waals surface area contributed by atoms with Gasteiger partial charge in [-0.25, -0.2) is 9.38 Å². The fraction of sp³-hybridized carbons (Fsp3) is 0.0588. The zero-order chi connectivity index (χ0) is 18.0. The lowest BCUT2D eigenvalue weighted by Crippen LogP contribution is -2.19. The van der Waals surface area contributed by atoms with Gasteiger partial charge in [0.15, 0.2) is 5.17 Å². The van der Waals surface area contributed by atoms with Gasteiger partial charge in [-0.05, 0) is 47.7 Å². The minimum atomic E-state index is -4.55. The predicted molar refractivity (Wildman–Crippen MR) is 88.6 cm³/mol. The maximum Gasteiger partial charge on any atom is 0.418 e. The van der Waals surface area contributed by atoms with Crippen molar-refractivity contribution in [3.05, 3.63) is 70.4 Å². The summed E-state index contributed by atoms with van der Waals surface area (Å²) >= 11 is 0.894. The number of hydrogen-bond acceptors (Lipinski definition) is 3.